The minimum Gasteiger partial charge on any atom is -0.367 e. The number of pyridine rings is 1. The van der Waals surface area contributed by atoms with Crippen LogP contribution in [0.1, 0.15) is 24.8 Å². The fraction of sp³-hybridized carbons (Fsp3) is 0.583. The molecule has 2 bridgehead atoms. The van der Waals surface area contributed by atoms with Crippen LogP contribution in [0.25, 0.3) is 0 Å². The van der Waals surface area contributed by atoms with Crippen LogP contribution in [0.5, 0.6) is 0 Å². The summed E-state index contributed by atoms with van der Waals surface area (Å²) in [5.41, 5.74) is 8.27. The van der Waals surface area contributed by atoms with Gasteiger partial charge >= 0.3 is 0 Å². The zero-order chi connectivity index (χ0) is 10.3. The molecule has 3 nitrogen and oxygen atoms in total. The van der Waals surface area contributed by atoms with Gasteiger partial charge in [-0.2, -0.15) is 0 Å². The van der Waals surface area contributed by atoms with Crippen molar-refractivity contribution in [2.75, 3.05) is 11.4 Å². The Balaban J connectivity index is 1.92. The highest BCUT2D eigenvalue weighted by Crippen LogP contribution is 2.40. The van der Waals surface area contributed by atoms with Gasteiger partial charge in [-0.15, -0.1) is 0 Å². The number of rotatable bonds is 2. The number of aromatic nitrogens is 1. The predicted octanol–water partition coefficient (Wildman–Crippen LogP) is 1.53. The molecule has 2 atom stereocenters. The number of hydrogen-bond acceptors (Lipinski definition) is 3. The zero-order valence-electron chi connectivity index (χ0n) is 8.89. The molecule has 3 heteroatoms. The van der Waals surface area contributed by atoms with Gasteiger partial charge in [-0.05, 0) is 36.8 Å². The molecule has 3 rings (SSSR count). The standard InChI is InChI=1S/C12H17N3/c13-6-10-3-4-14-7-12(10)15-8-9-1-2-11(15)5-9/h3-4,7,9,11H,1-2,5-6,8,13H2. The maximum absolute atomic E-state index is 5.76. The zero-order valence-corrected chi connectivity index (χ0v) is 8.89. The second-order valence-corrected chi connectivity index (χ2v) is 4.69. The fourth-order valence-electron chi connectivity index (χ4n) is 3.07. The van der Waals surface area contributed by atoms with E-state index in [-0.39, 0.29) is 0 Å². The van der Waals surface area contributed by atoms with Crippen molar-refractivity contribution in [3.63, 3.8) is 0 Å². The lowest BCUT2D eigenvalue weighted by atomic mass is 10.1. The molecule has 0 amide bonds. The van der Waals surface area contributed by atoms with E-state index in [1.807, 2.05) is 18.5 Å². The molecule has 2 unspecified atom stereocenters. The lowest BCUT2D eigenvalue weighted by molar-refractivity contribution is 0.552. The summed E-state index contributed by atoms with van der Waals surface area (Å²) in [5.74, 6) is 0.917. The van der Waals surface area contributed by atoms with Crippen molar-refractivity contribution in [2.45, 2.75) is 31.8 Å². The van der Waals surface area contributed by atoms with Crippen LogP contribution >= 0.6 is 0 Å². The van der Waals surface area contributed by atoms with E-state index in [0.29, 0.717) is 6.54 Å². The van der Waals surface area contributed by atoms with Gasteiger partial charge in [0.05, 0.1) is 11.9 Å². The molecule has 1 aromatic heterocycles. The van der Waals surface area contributed by atoms with Crippen molar-refractivity contribution in [1.82, 2.24) is 4.98 Å². The van der Waals surface area contributed by atoms with Crippen molar-refractivity contribution in [2.24, 2.45) is 11.7 Å². The van der Waals surface area contributed by atoms with Gasteiger partial charge in [-0.1, -0.05) is 0 Å². The number of fused-ring (bicyclic) bond motifs is 2. The van der Waals surface area contributed by atoms with Gasteiger partial charge in [0.2, 0.25) is 0 Å². The maximum atomic E-state index is 5.76. The molecule has 15 heavy (non-hydrogen) atoms. The van der Waals surface area contributed by atoms with Gasteiger partial charge in [-0.3, -0.25) is 4.98 Å². The Morgan fingerprint density at radius 2 is 2.40 bits per heavy atom. The van der Waals surface area contributed by atoms with Gasteiger partial charge < -0.3 is 10.6 Å². The van der Waals surface area contributed by atoms with Crippen LogP contribution in [0.15, 0.2) is 18.5 Å². The van der Waals surface area contributed by atoms with E-state index in [1.165, 1.54) is 37.1 Å². The molecule has 1 aliphatic heterocycles. The number of hydrogen-bond donors (Lipinski definition) is 1. The smallest absolute Gasteiger partial charge is 0.0600 e. The molecule has 0 radical (unpaired) electrons. The quantitative estimate of drug-likeness (QED) is 0.792. The van der Waals surface area contributed by atoms with Crippen molar-refractivity contribution >= 4 is 5.69 Å². The highest BCUT2D eigenvalue weighted by atomic mass is 15.2. The summed E-state index contributed by atoms with van der Waals surface area (Å²) in [5, 5.41) is 0. The summed E-state index contributed by atoms with van der Waals surface area (Å²) in [7, 11) is 0. The van der Waals surface area contributed by atoms with Gasteiger partial charge in [0, 0.05) is 25.3 Å². The molecule has 0 aromatic carbocycles. The summed E-state index contributed by atoms with van der Waals surface area (Å²) < 4.78 is 0. The topological polar surface area (TPSA) is 42.1 Å². The Kier molecular flexibility index (Phi) is 2.13. The molecule has 0 spiro atoms. The minimum absolute atomic E-state index is 0.617. The van der Waals surface area contributed by atoms with Crippen molar-refractivity contribution < 1.29 is 0 Å². The molecular weight excluding hydrogens is 186 g/mol. The van der Waals surface area contributed by atoms with Crippen LogP contribution in [0.4, 0.5) is 5.69 Å². The van der Waals surface area contributed by atoms with E-state index >= 15 is 0 Å². The first kappa shape index (κ1) is 9.16. The first-order valence-corrected chi connectivity index (χ1v) is 5.78. The summed E-state index contributed by atoms with van der Waals surface area (Å²) in [6, 6.07) is 2.80. The lowest BCUT2D eigenvalue weighted by Gasteiger charge is -2.30. The Hall–Kier alpha value is -1.09. The summed E-state index contributed by atoms with van der Waals surface area (Å²) in [6.45, 7) is 1.83. The SMILES string of the molecule is NCc1ccncc1N1CC2CCC1C2. The van der Waals surface area contributed by atoms with Gasteiger partial charge in [0.1, 0.15) is 0 Å². The first-order valence-electron chi connectivity index (χ1n) is 5.78. The number of nitrogens with zero attached hydrogens (tertiary/aromatic N) is 2. The van der Waals surface area contributed by atoms with Gasteiger partial charge in [0.15, 0.2) is 0 Å². The Labute approximate surface area is 90.3 Å². The second-order valence-electron chi connectivity index (χ2n) is 4.69. The Morgan fingerprint density at radius 3 is 3.07 bits per heavy atom. The largest absolute Gasteiger partial charge is 0.367 e. The molecule has 1 saturated carbocycles. The third-order valence-corrected chi connectivity index (χ3v) is 3.83. The number of anilines is 1. The van der Waals surface area contributed by atoms with E-state index < -0.39 is 0 Å². The molecule has 2 N–H and O–H groups in total. The summed E-state index contributed by atoms with van der Waals surface area (Å²) in [4.78, 5) is 6.74. The van der Waals surface area contributed by atoms with Crippen LogP contribution in [0.3, 0.4) is 0 Å². The predicted molar refractivity (Wildman–Crippen MR) is 60.6 cm³/mol. The average Bonchev–Trinajstić information content (AvgIpc) is 2.90. The van der Waals surface area contributed by atoms with Crippen LogP contribution in [0.2, 0.25) is 0 Å². The third-order valence-electron chi connectivity index (χ3n) is 3.83. The van der Waals surface area contributed by atoms with Crippen LogP contribution in [-0.4, -0.2) is 17.6 Å². The fourth-order valence-corrected chi connectivity index (χ4v) is 3.07. The highest BCUT2D eigenvalue weighted by Gasteiger charge is 2.38. The molecule has 2 heterocycles. The molecule has 80 valence electrons. The lowest BCUT2D eigenvalue weighted by Crippen LogP contribution is -2.32. The van der Waals surface area contributed by atoms with E-state index in [4.69, 9.17) is 5.73 Å². The summed E-state index contributed by atoms with van der Waals surface area (Å²) in [6.07, 6.45) is 7.95. The van der Waals surface area contributed by atoms with Gasteiger partial charge in [0.25, 0.3) is 0 Å². The van der Waals surface area contributed by atoms with Crippen LogP contribution < -0.4 is 10.6 Å². The van der Waals surface area contributed by atoms with E-state index in [1.54, 1.807) is 0 Å². The molecule has 2 aliphatic rings. The minimum atomic E-state index is 0.617. The van der Waals surface area contributed by atoms with Crippen molar-refractivity contribution in [3.8, 4) is 0 Å². The van der Waals surface area contributed by atoms with Crippen molar-refractivity contribution in [3.05, 3.63) is 24.0 Å². The maximum Gasteiger partial charge on any atom is 0.0600 e. The van der Waals surface area contributed by atoms with Gasteiger partial charge in [-0.25, -0.2) is 0 Å². The van der Waals surface area contributed by atoms with Crippen molar-refractivity contribution in [1.29, 1.82) is 0 Å². The molecule has 1 aromatic rings. The summed E-state index contributed by atoms with van der Waals surface area (Å²) >= 11 is 0. The van der Waals surface area contributed by atoms with Crippen LogP contribution in [0, 0.1) is 5.92 Å². The molecular formula is C12H17N3. The highest BCUT2D eigenvalue weighted by molar-refractivity contribution is 5.54. The monoisotopic (exact) mass is 203 g/mol. The normalized spacial score (nSPS) is 28.7. The van der Waals surface area contributed by atoms with E-state index in [2.05, 4.69) is 9.88 Å². The number of piperidine rings is 1. The van der Waals surface area contributed by atoms with E-state index in [0.717, 1.165) is 12.0 Å². The molecule has 1 aliphatic carbocycles. The first-order chi connectivity index (χ1) is 7.38. The second kappa shape index (κ2) is 3.49. The molecule has 1 saturated heterocycles. The number of nitrogens with two attached hydrogens (primary N) is 1. The van der Waals surface area contributed by atoms with E-state index in [9.17, 15) is 0 Å². The third kappa shape index (κ3) is 1.42. The molecule has 2 fully saturated rings. The van der Waals surface area contributed by atoms with Crippen LogP contribution in [-0.2, 0) is 6.54 Å². The average molecular weight is 203 g/mol. The Bertz CT molecular complexity index is 364. The Morgan fingerprint density at radius 1 is 1.47 bits per heavy atom.